The third kappa shape index (κ3) is 3.55. The first-order valence-corrected chi connectivity index (χ1v) is 9.95. The Kier molecular flexibility index (Phi) is 5.29. The van der Waals surface area contributed by atoms with Crippen LogP contribution in [0.5, 0.6) is 23.0 Å². The third-order valence-electron chi connectivity index (χ3n) is 4.60. The van der Waals surface area contributed by atoms with Crippen molar-refractivity contribution >= 4 is 29.2 Å². The minimum absolute atomic E-state index is 0.177. The van der Waals surface area contributed by atoms with Crippen molar-refractivity contribution in [1.82, 2.24) is 0 Å². The normalized spacial score (nSPS) is 13.7. The van der Waals surface area contributed by atoms with Crippen molar-refractivity contribution in [3.63, 3.8) is 0 Å². The van der Waals surface area contributed by atoms with E-state index in [1.165, 1.54) is 31.6 Å². The molecule has 0 aliphatic carbocycles. The van der Waals surface area contributed by atoms with Gasteiger partial charge >= 0.3 is 5.97 Å². The van der Waals surface area contributed by atoms with Gasteiger partial charge in [-0.3, -0.25) is 4.79 Å². The highest BCUT2D eigenvalue weighted by Crippen LogP contribution is 2.38. The Balaban J connectivity index is 1.64. The molecule has 0 saturated carbocycles. The van der Waals surface area contributed by atoms with E-state index in [9.17, 15) is 9.59 Å². The fraction of sp³-hybridized carbons (Fsp3) is 0.130. The smallest absolute Gasteiger partial charge is 0.351 e. The van der Waals surface area contributed by atoms with Crippen LogP contribution in [0, 0.1) is 6.92 Å². The largest absolute Gasteiger partial charge is 0.496 e. The van der Waals surface area contributed by atoms with Crippen molar-refractivity contribution in [1.29, 1.82) is 0 Å². The molecular formula is C23H18O6S. The molecule has 6 nitrogen and oxygen atoms in total. The maximum atomic E-state index is 12.8. The third-order valence-corrected chi connectivity index (χ3v) is 5.42. The van der Waals surface area contributed by atoms with Gasteiger partial charge in [0.1, 0.15) is 28.6 Å². The minimum Gasteiger partial charge on any atom is -0.496 e. The lowest BCUT2D eigenvalue weighted by molar-refractivity contribution is 0.0727. The molecule has 0 amide bonds. The lowest BCUT2D eigenvalue weighted by Gasteiger charge is -2.13. The summed E-state index contributed by atoms with van der Waals surface area (Å²) in [5.74, 6) is 0.703. The van der Waals surface area contributed by atoms with Crippen molar-refractivity contribution in [2.24, 2.45) is 0 Å². The van der Waals surface area contributed by atoms with Crippen molar-refractivity contribution in [3.8, 4) is 23.0 Å². The molecule has 0 N–H and O–H groups in total. The van der Waals surface area contributed by atoms with E-state index in [0.29, 0.717) is 28.4 Å². The van der Waals surface area contributed by atoms with Crippen LogP contribution in [0.2, 0.25) is 0 Å². The second kappa shape index (κ2) is 8.04. The Hall–Kier alpha value is -3.58. The Morgan fingerprint density at radius 3 is 2.43 bits per heavy atom. The van der Waals surface area contributed by atoms with Gasteiger partial charge in [-0.15, -0.1) is 11.3 Å². The molecule has 30 heavy (non-hydrogen) atoms. The van der Waals surface area contributed by atoms with Crippen LogP contribution in [0.3, 0.4) is 0 Å². The van der Waals surface area contributed by atoms with Crippen LogP contribution in [-0.2, 0) is 0 Å². The molecule has 0 unspecified atom stereocenters. The maximum absolute atomic E-state index is 12.8. The highest BCUT2D eigenvalue weighted by Gasteiger charge is 2.31. The first kappa shape index (κ1) is 19.7. The van der Waals surface area contributed by atoms with Crippen LogP contribution < -0.4 is 18.9 Å². The van der Waals surface area contributed by atoms with E-state index in [4.69, 9.17) is 18.9 Å². The van der Waals surface area contributed by atoms with Gasteiger partial charge in [0.2, 0.25) is 5.78 Å². The average Bonchev–Trinajstić information content (AvgIpc) is 3.35. The molecule has 1 aromatic heterocycles. The summed E-state index contributed by atoms with van der Waals surface area (Å²) in [6.07, 6.45) is 1.71. The van der Waals surface area contributed by atoms with E-state index in [1.54, 1.807) is 37.3 Å². The molecular weight excluding hydrogens is 404 g/mol. The number of hydrogen-bond donors (Lipinski definition) is 0. The van der Waals surface area contributed by atoms with Crippen LogP contribution >= 0.6 is 11.3 Å². The number of carbonyl (C=O) groups is 2. The van der Waals surface area contributed by atoms with E-state index >= 15 is 0 Å². The van der Waals surface area contributed by atoms with Gasteiger partial charge in [0, 0.05) is 17.0 Å². The topological polar surface area (TPSA) is 71.1 Å². The molecule has 0 radical (unpaired) electrons. The second-order valence-corrected chi connectivity index (χ2v) is 7.47. The van der Waals surface area contributed by atoms with Gasteiger partial charge in [0.15, 0.2) is 5.76 Å². The van der Waals surface area contributed by atoms with E-state index in [0.717, 1.165) is 4.88 Å². The quantitative estimate of drug-likeness (QED) is 0.331. The number of ether oxygens (including phenoxy) is 4. The summed E-state index contributed by atoms with van der Waals surface area (Å²) in [5.41, 5.74) is 1.30. The van der Waals surface area contributed by atoms with E-state index in [2.05, 4.69) is 0 Å². The zero-order chi connectivity index (χ0) is 21.3. The molecule has 0 bridgehead atoms. The van der Waals surface area contributed by atoms with Crippen LogP contribution in [0.25, 0.3) is 6.08 Å². The molecule has 4 rings (SSSR count). The maximum Gasteiger partial charge on any atom is 0.351 e. The molecule has 2 aromatic carbocycles. The summed E-state index contributed by atoms with van der Waals surface area (Å²) in [6.45, 7) is 1.77. The van der Waals surface area contributed by atoms with Gasteiger partial charge < -0.3 is 18.9 Å². The zero-order valence-corrected chi connectivity index (χ0v) is 17.4. The number of methoxy groups -OCH3 is 2. The molecule has 152 valence electrons. The summed E-state index contributed by atoms with van der Waals surface area (Å²) in [4.78, 5) is 26.5. The Morgan fingerprint density at radius 1 is 1.07 bits per heavy atom. The Bertz CT molecular complexity index is 1140. The van der Waals surface area contributed by atoms with Crippen molar-refractivity contribution in [2.45, 2.75) is 6.92 Å². The fourth-order valence-corrected chi connectivity index (χ4v) is 3.90. The van der Waals surface area contributed by atoms with Gasteiger partial charge in [-0.2, -0.15) is 0 Å². The number of Topliss-reactive ketones (excluding diaryl/α,β-unsaturated/α-hetero) is 1. The SMILES string of the molecule is COc1cccc(OC)c1C(=O)Oc1cc(C)c2c(c1)O/C(=C\c1cccs1)C2=O. The summed E-state index contributed by atoms with van der Waals surface area (Å²) < 4.78 is 21.9. The van der Waals surface area contributed by atoms with Gasteiger partial charge in [-0.05, 0) is 42.1 Å². The van der Waals surface area contributed by atoms with Crippen LogP contribution in [-0.4, -0.2) is 26.0 Å². The van der Waals surface area contributed by atoms with Crippen LogP contribution in [0.1, 0.15) is 31.2 Å². The van der Waals surface area contributed by atoms with E-state index in [1.807, 2.05) is 17.5 Å². The van der Waals surface area contributed by atoms with Gasteiger partial charge in [0.25, 0.3) is 0 Å². The number of thiophene rings is 1. The molecule has 7 heteroatoms. The number of allylic oxidation sites excluding steroid dienone is 1. The lowest BCUT2D eigenvalue weighted by Crippen LogP contribution is -2.12. The predicted octanol–water partition coefficient (Wildman–Crippen LogP) is 4.91. The highest BCUT2D eigenvalue weighted by atomic mass is 32.1. The number of benzene rings is 2. The minimum atomic E-state index is -0.637. The number of esters is 1. The number of fused-ring (bicyclic) bond motifs is 1. The summed E-state index contributed by atoms with van der Waals surface area (Å²) in [5, 5.41) is 1.92. The van der Waals surface area contributed by atoms with Gasteiger partial charge in [0.05, 0.1) is 19.8 Å². The standard InChI is InChI=1S/C23H18O6S/c1-13-10-14(28-23(25)21-16(26-2)7-4-8-17(21)27-3)11-18-20(13)22(24)19(29-18)12-15-6-5-9-30-15/h4-12H,1-3H3/b19-12-. The molecule has 1 aliphatic heterocycles. The van der Waals surface area contributed by atoms with Crippen molar-refractivity contribution in [2.75, 3.05) is 14.2 Å². The zero-order valence-electron chi connectivity index (χ0n) is 16.6. The molecule has 1 aliphatic rings. The van der Waals surface area contributed by atoms with Crippen LogP contribution in [0.4, 0.5) is 0 Å². The molecule has 0 saturated heterocycles. The number of rotatable bonds is 5. The summed E-state index contributed by atoms with van der Waals surface area (Å²) in [6, 6.07) is 12.0. The lowest BCUT2D eigenvalue weighted by atomic mass is 10.0. The van der Waals surface area contributed by atoms with Crippen molar-refractivity contribution < 1.29 is 28.5 Å². The molecule has 0 spiro atoms. The summed E-state index contributed by atoms with van der Waals surface area (Å²) >= 11 is 1.51. The van der Waals surface area contributed by atoms with E-state index < -0.39 is 5.97 Å². The Labute approximate surface area is 177 Å². The fourth-order valence-electron chi connectivity index (χ4n) is 3.25. The number of aryl methyl sites for hydroxylation is 1. The van der Waals surface area contributed by atoms with Crippen molar-refractivity contribution in [3.05, 3.63) is 75.2 Å². The summed E-state index contributed by atoms with van der Waals surface area (Å²) in [7, 11) is 2.93. The number of carbonyl (C=O) groups excluding carboxylic acids is 2. The molecule has 0 fully saturated rings. The first-order chi connectivity index (χ1) is 14.5. The Morgan fingerprint density at radius 2 is 1.80 bits per heavy atom. The molecule has 2 heterocycles. The highest BCUT2D eigenvalue weighted by molar-refractivity contribution is 7.10. The molecule has 0 atom stereocenters. The monoisotopic (exact) mass is 422 g/mol. The van der Waals surface area contributed by atoms with Gasteiger partial charge in [-0.1, -0.05) is 12.1 Å². The second-order valence-electron chi connectivity index (χ2n) is 6.50. The number of hydrogen-bond acceptors (Lipinski definition) is 7. The van der Waals surface area contributed by atoms with Crippen LogP contribution in [0.15, 0.2) is 53.6 Å². The van der Waals surface area contributed by atoms with E-state index in [-0.39, 0.29) is 22.9 Å². The molecule has 3 aromatic rings. The predicted molar refractivity (Wildman–Crippen MR) is 113 cm³/mol. The first-order valence-electron chi connectivity index (χ1n) is 9.07. The average molecular weight is 422 g/mol. The number of ketones is 1. The van der Waals surface area contributed by atoms with Gasteiger partial charge in [-0.25, -0.2) is 4.79 Å².